The third kappa shape index (κ3) is 2.72. The maximum Gasteiger partial charge on any atom is 0.149 e. The summed E-state index contributed by atoms with van der Waals surface area (Å²) in [5, 5.41) is 3.34. The SMILES string of the molecule is Cc1ccc(N)c(NC2CCS(=O)CC2)n1. The molecule has 1 aliphatic rings. The lowest BCUT2D eigenvalue weighted by molar-refractivity contribution is 0.622. The predicted molar refractivity (Wildman–Crippen MR) is 67.9 cm³/mol. The van der Waals surface area contributed by atoms with Crippen LogP contribution in [0.3, 0.4) is 0 Å². The van der Waals surface area contributed by atoms with Gasteiger partial charge in [-0.3, -0.25) is 4.21 Å². The molecule has 16 heavy (non-hydrogen) atoms. The number of pyridine rings is 1. The highest BCUT2D eigenvalue weighted by molar-refractivity contribution is 7.85. The van der Waals surface area contributed by atoms with E-state index in [0.29, 0.717) is 11.7 Å². The Morgan fingerprint density at radius 3 is 2.81 bits per heavy atom. The topological polar surface area (TPSA) is 68.0 Å². The zero-order valence-electron chi connectivity index (χ0n) is 9.40. The van der Waals surface area contributed by atoms with Gasteiger partial charge in [0.25, 0.3) is 0 Å². The molecule has 2 rings (SSSR count). The number of aromatic nitrogens is 1. The molecular formula is C11H17N3OS. The molecule has 0 amide bonds. The first kappa shape index (κ1) is 11.4. The summed E-state index contributed by atoms with van der Waals surface area (Å²) in [6.45, 7) is 1.94. The molecule has 1 aromatic rings. The highest BCUT2D eigenvalue weighted by atomic mass is 32.2. The van der Waals surface area contributed by atoms with E-state index in [1.807, 2.05) is 19.1 Å². The van der Waals surface area contributed by atoms with Crippen molar-refractivity contribution in [3.63, 3.8) is 0 Å². The first-order valence-corrected chi connectivity index (χ1v) is 6.98. The Bertz CT molecular complexity index is 398. The minimum atomic E-state index is -0.620. The second kappa shape index (κ2) is 4.82. The fourth-order valence-corrected chi connectivity index (χ4v) is 3.11. The van der Waals surface area contributed by atoms with E-state index in [9.17, 15) is 4.21 Å². The minimum Gasteiger partial charge on any atom is -0.396 e. The monoisotopic (exact) mass is 239 g/mol. The molecular weight excluding hydrogens is 222 g/mol. The summed E-state index contributed by atoms with van der Waals surface area (Å²) in [5.41, 5.74) is 7.48. The van der Waals surface area contributed by atoms with E-state index < -0.39 is 10.8 Å². The van der Waals surface area contributed by atoms with Gasteiger partial charge < -0.3 is 11.1 Å². The molecule has 3 N–H and O–H groups in total. The normalized spacial score (nSPS) is 25.3. The molecule has 88 valence electrons. The highest BCUT2D eigenvalue weighted by Crippen LogP contribution is 2.20. The summed E-state index contributed by atoms with van der Waals surface area (Å²) in [4.78, 5) is 4.37. The number of nitrogens with one attached hydrogen (secondary N) is 1. The Labute approximate surface area is 98.1 Å². The molecule has 1 saturated heterocycles. The fourth-order valence-electron chi connectivity index (χ4n) is 1.81. The van der Waals surface area contributed by atoms with Crippen molar-refractivity contribution in [2.45, 2.75) is 25.8 Å². The number of nitrogens with zero attached hydrogens (tertiary/aromatic N) is 1. The van der Waals surface area contributed by atoms with Gasteiger partial charge in [0.15, 0.2) is 0 Å². The van der Waals surface area contributed by atoms with Gasteiger partial charge in [-0.2, -0.15) is 0 Å². The quantitative estimate of drug-likeness (QED) is 0.816. The first-order chi connectivity index (χ1) is 7.65. The van der Waals surface area contributed by atoms with E-state index in [-0.39, 0.29) is 0 Å². The second-order valence-corrected chi connectivity index (χ2v) is 5.85. The van der Waals surface area contributed by atoms with Gasteiger partial charge in [-0.1, -0.05) is 0 Å². The Balaban J connectivity index is 2.03. The van der Waals surface area contributed by atoms with Crippen LogP contribution in [0.5, 0.6) is 0 Å². The van der Waals surface area contributed by atoms with Gasteiger partial charge in [0, 0.05) is 34.0 Å². The van der Waals surface area contributed by atoms with E-state index in [2.05, 4.69) is 10.3 Å². The maximum absolute atomic E-state index is 11.2. The zero-order chi connectivity index (χ0) is 11.5. The van der Waals surface area contributed by atoms with Crippen molar-refractivity contribution in [1.82, 2.24) is 4.98 Å². The van der Waals surface area contributed by atoms with Crippen molar-refractivity contribution in [2.24, 2.45) is 0 Å². The third-order valence-electron chi connectivity index (χ3n) is 2.79. The van der Waals surface area contributed by atoms with Crippen LogP contribution in [0.1, 0.15) is 18.5 Å². The second-order valence-electron chi connectivity index (χ2n) is 4.16. The van der Waals surface area contributed by atoms with Crippen LogP contribution in [0.2, 0.25) is 0 Å². The fraction of sp³-hybridized carbons (Fsp3) is 0.545. The van der Waals surface area contributed by atoms with Crippen LogP contribution >= 0.6 is 0 Å². The molecule has 0 aromatic carbocycles. The lowest BCUT2D eigenvalue weighted by atomic mass is 10.1. The number of aryl methyl sites for hydroxylation is 1. The van der Waals surface area contributed by atoms with Crippen LogP contribution < -0.4 is 11.1 Å². The van der Waals surface area contributed by atoms with Crippen LogP contribution in [-0.4, -0.2) is 26.7 Å². The number of anilines is 2. The number of hydrogen-bond acceptors (Lipinski definition) is 4. The molecule has 4 nitrogen and oxygen atoms in total. The van der Waals surface area contributed by atoms with Gasteiger partial charge in [0.2, 0.25) is 0 Å². The molecule has 5 heteroatoms. The molecule has 0 bridgehead atoms. The van der Waals surface area contributed by atoms with Gasteiger partial charge >= 0.3 is 0 Å². The Morgan fingerprint density at radius 2 is 2.12 bits per heavy atom. The van der Waals surface area contributed by atoms with Crippen molar-refractivity contribution in [2.75, 3.05) is 22.6 Å². The Kier molecular flexibility index (Phi) is 3.43. The van der Waals surface area contributed by atoms with E-state index in [0.717, 1.165) is 35.9 Å². The largest absolute Gasteiger partial charge is 0.396 e. The molecule has 0 aliphatic carbocycles. The standard InChI is InChI=1S/C11H17N3OS/c1-8-2-3-10(12)11(13-8)14-9-4-6-16(15)7-5-9/h2-3,9H,4-7,12H2,1H3,(H,13,14). The summed E-state index contributed by atoms with van der Waals surface area (Å²) < 4.78 is 11.2. The molecule has 1 aliphatic heterocycles. The van der Waals surface area contributed by atoms with E-state index in [1.165, 1.54) is 0 Å². The number of nitrogen functional groups attached to an aromatic ring is 1. The van der Waals surface area contributed by atoms with Gasteiger partial charge in [-0.05, 0) is 31.9 Å². The maximum atomic E-state index is 11.2. The van der Waals surface area contributed by atoms with Crippen molar-refractivity contribution in [1.29, 1.82) is 0 Å². The van der Waals surface area contributed by atoms with E-state index >= 15 is 0 Å². The van der Waals surface area contributed by atoms with E-state index in [4.69, 9.17) is 5.73 Å². The average molecular weight is 239 g/mol. The van der Waals surface area contributed by atoms with Crippen molar-refractivity contribution in [3.05, 3.63) is 17.8 Å². The van der Waals surface area contributed by atoms with Gasteiger partial charge in [0.1, 0.15) is 5.82 Å². The minimum absolute atomic E-state index is 0.356. The number of rotatable bonds is 2. The Hall–Kier alpha value is -1.10. The predicted octanol–water partition coefficient (Wildman–Crippen LogP) is 1.30. The van der Waals surface area contributed by atoms with Crippen LogP contribution in [0, 0.1) is 6.92 Å². The van der Waals surface area contributed by atoms with Gasteiger partial charge in [0.05, 0.1) is 5.69 Å². The highest BCUT2D eigenvalue weighted by Gasteiger charge is 2.18. The van der Waals surface area contributed by atoms with Crippen LogP contribution in [0.15, 0.2) is 12.1 Å². The molecule has 0 radical (unpaired) electrons. The molecule has 0 unspecified atom stereocenters. The smallest absolute Gasteiger partial charge is 0.149 e. The van der Waals surface area contributed by atoms with Crippen LogP contribution in [0.25, 0.3) is 0 Å². The van der Waals surface area contributed by atoms with Gasteiger partial charge in [-0.25, -0.2) is 4.98 Å². The zero-order valence-corrected chi connectivity index (χ0v) is 10.2. The summed E-state index contributed by atoms with van der Waals surface area (Å²) in [6, 6.07) is 4.12. The molecule has 2 heterocycles. The van der Waals surface area contributed by atoms with E-state index in [1.54, 1.807) is 0 Å². The lowest BCUT2D eigenvalue weighted by Crippen LogP contribution is -2.30. The third-order valence-corrected chi connectivity index (χ3v) is 4.18. The summed E-state index contributed by atoms with van der Waals surface area (Å²) in [6.07, 6.45) is 1.86. The van der Waals surface area contributed by atoms with Crippen molar-refractivity contribution in [3.8, 4) is 0 Å². The lowest BCUT2D eigenvalue weighted by Gasteiger charge is -2.23. The average Bonchev–Trinajstić information content (AvgIpc) is 2.27. The number of hydrogen-bond donors (Lipinski definition) is 2. The first-order valence-electron chi connectivity index (χ1n) is 5.50. The van der Waals surface area contributed by atoms with Crippen LogP contribution in [0.4, 0.5) is 11.5 Å². The number of nitrogens with two attached hydrogens (primary N) is 1. The van der Waals surface area contributed by atoms with Crippen molar-refractivity contribution < 1.29 is 4.21 Å². The summed E-state index contributed by atoms with van der Waals surface area (Å²) >= 11 is 0. The molecule has 1 aromatic heterocycles. The Morgan fingerprint density at radius 1 is 1.44 bits per heavy atom. The van der Waals surface area contributed by atoms with Gasteiger partial charge in [-0.15, -0.1) is 0 Å². The van der Waals surface area contributed by atoms with Crippen molar-refractivity contribution >= 4 is 22.3 Å². The molecule has 0 spiro atoms. The summed E-state index contributed by atoms with van der Waals surface area (Å²) in [7, 11) is -0.620. The van der Waals surface area contributed by atoms with Crippen LogP contribution in [-0.2, 0) is 10.8 Å². The molecule has 1 fully saturated rings. The summed E-state index contributed by atoms with van der Waals surface area (Å²) in [5.74, 6) is 2.32. The molecule has 0 saturated carbocycles. The molecule has 0 atom stereocenters.